The average Bonchev–Trinajstić information content (AvgIpc) is 2.87. The molecule has 1 fully saturated rings. The van der Waals surface area contributed by atoms with E-state index in [4.69, 9.17) is 4.52 Å². The molecule has 1 saturated carbocycles. The van der Waals surface area contributed by atoms with Crippen molar-refractivity contribution >= 4 is 0 Å². The quantitative estimate of drug-likeness (QED) is 0.940. The topological polar surface area (TPSA) is 59.2 Å². The van der Waals surface area contributed by atoms with Gasteiger partial charge in [-0.05, 0) is 45.1 Å². The molecule has 1 aliphatic rings. The largest absolute Gasteiger partial charge is 0.393 e. The second-order valence-electron chi connectivity index (χ2n) is 6.23. The predicted molar refractivity (Wildman–Crippen MR) is 80.2 cm³/mol. The van der Waals surface area contributed by atoms with Gasteiger partial charge in [-0.2, -0.15) is 4.98 Å². The van der Waals surface area contributed by atoms with E-state index in [-0.39, 0.29) is 6.10 Å². The number of aromatic nitrogens is 2. The SMILES string of the molecule is Cc1cc(C)cc(Cc2noc(C3CCC(O)CC3)n2)c1. The fourth-order valence-electron chi connectivity index (χ4n) is 3.18. The van der Waals surface area contributed by atoms with Gasteiger partial charge in [0.15, 0.2) is 5.82 Å². The summed E-state index contributed by atoms with van der Waals surface area (Å²) in [7, 11) is 0. The molecule has 0 atom stereocenters. The summed E-state index contributed by atoms with van der Waals surface area (Å²) in [5.74, 6) is 1.80. The zero-order valence-corrected chi connectivity index (χ0v) is 12.7. The zero-order valence-electron chi connectivity index (χ0n) is 12.7. The highest BCUT2D eigenvalue weighted by atomic mass is 16.5. The lowest BCUT2D eigenvalue weighted by molar-refractivity contribution is 0.116. The Labute approximate surface area is 125 Å². The van der Waals surface area contributed by atoms with Crippen molar-refractivity contribution in [3.63, 3.8) is 0 Å². The van der Waals surface area contributed by atoms with Crippen LogP contribution in [0, 0.1) is 13.8 Å². The molecule has 0 radical (unpaired) electrons. The first-order valence-corrected chi connectivity index (χ1v) is 7.68. The second-order valence-corrected chi connectivity index (χ2v) is 6.23. The molecule has 1 aromatic carbocycles. The van der Waals surface area contributed by atoms with Crippen LogP contribution in [0.3, 0.4) is 0 Å². The van der Waals surface area contributed by atoms with Gasteiger partial charge in [0.1, 0.15) is 0 Å². The van der Waals surface area contributed by atoms with Crippen LogP contribution < -0.4 is 0 Å². The van der Waals surface area contributed by atoms with Gasteiger partial charge in [0, 0.05) is 12.3 Å². The molecule has 2 aromatic rings. The Morgan fingerprint density at radius 2 is 1.76 bits per heavy atom. The van der Waals surface area contributed by atoms with E-state index in [1.807, 2.05) is 0 Å². The zero-order chi connectivity index (χ0) is 14.8. The number of hydrogen-bond donors (Lipinski definition) is 1. The Morgan fingerprint density at radius 3 is 2.43 bits per heavy atom. The third-order valence-corrected chi connectivity index (χ3v) is 4.17. The molecule has 0 aliphatic heterocycles. The summed E-state index contributed by atoms with van der Waals surface area (Å²) in [5, 5.41) is 13.7. The molecule has 112 valence electrons. The number of rotatable bonds is 3. The number of nitrogens with zero attached hydrogens (tertiary/aromatic N) is 2. The normalized spacial score (nSPS) is 22.4. The van der Waals surface area contributed by atoms with E-state index in [9.17, 15) is 5.11 Å². The maximum absolute atomic E-state index is 9.56. The Bertz CT molecular complexity index is 593. The number of benzene rings is 1. The van der Waals surface area contributed by atoms with Crippen LogP contribution in [0.5, 0.6) is 0 Å². The van der Waals surface area contributed by atoms with Gasteiger partial charge in [-0.25, -0.2) is 0 Å². The first kappa shape index (κ1) is 14.3. The van der Waals surface area contributed by atoms with Gasteiger partial charge in [-0.15, -0.1) is 0 Å². The van der Waals surface area contributed by atoms with Crippen molar-refractivity contribution in [3.05, 3.63) is 46.6 Å². The summed E-state index contributed by atoms with van der Waals surface area (Å²) in [6.45, 7) is 4.21. The van der Waals surface area contributed by atoms with E-state index in [0.717, 1.165) is 37.4 Å². The highest BCUT2D eigenvalue weighted by Crippen LogP contribution is 2.31. The third-order valence-electron chi connectivity index (χ3n) is 4.17. The van der Waals surface area contributed by atoms with Crippen LogP contribution in [0.4, 0.5) is 0 Å². The molecule has 0 spiro atoms. The van der Waals surface area contributed by atoms with Crippen LogP contribution in [0.1, 0.15) is 60.0 Å². The van der Waals surface area contributed by atoms with Crippen molar-refractivity contribution in [2.45, 2.75) is 58.0 Å². The van der Waals surface area contributed by atoms with Gasteiger partial charge >= 0.3 is 0 Å². The molecule has 1 aliphatic carbocycles. The summed E-state index contributed by atoms with van der Waals surface area (Å²) in [6.07, 6.45) is 4.10. The Morgan fingerprint density at radius 1 is 1.10 bits per heavy atom. The Balaban J connectivity index is 1.70. The molecule has 4 heteroatoms. The standard InChI is InChI=1S/C17H22N2O2/c1-11-7-12(2)9-13(8-11)10-16-18-17(21-19-16)14-3-5-15(20)6-4-14/h7-9,14-15,20H,3-6,10H2,1-2H3. The van der Waals surface area contributed by atoms with Crippen LogP contribution in [0.25, 0.3) is 0 Å². The maximum atomic E-state index is 9.56. The van der Waals surface area contributed by atoms with Gasteiger partial charge in [0.05, 0.1) is 6.10 Å². The maximum Gasteiger partial charge on any atom is 0.229 e. The van der Waals surface area contributed by atoms with Crippen molar-refractivity contribution < 1.29 is 9.63 Å². The molecule has 1 heterocycles. The number of aryl methyl sites for hydroxylation is 2. The number of aliphatic hydroxyl groups is 1. The first-order chi connectivity index (χ1) is 10.1. The van der Waals surface area contributed by atoms with Gasteiger partial charge in [-0.1, -0.05) is 34.5 Å². The van der Waals surface area contributed by atoms with E-state index < -0.39 is 0 Å². The molecule has 0 amide bonds. The van der Waals surface area contributed by atoms with Crippen LogP contribution in [0.2, 0.25) is 0 Å². The minimum Gasteiger partial charge on any atom is -0.393 e. The van der Waals surface area contributed by atoms with Crippen molar-refractivity contribution in [1.29, 1.82) is 0 Å². The van der Waals surface area contributed by atoms with Gasteiger partial charge in [0.2, 0.25) is 5.89 Å². The van der Waals surface area contributed by atoms with E-state index >= 15 is 0 Å². The van der Waals surface area contributed by atoms with E-state index in [1.54, 1.807) is 0 Å². The molecule has 1 aromatic heterocycles. The smallest absolute Gasteiger partial charge is 0.229 e. The first-order valence-electron chi connectivity index (χ1n) is 7.68. The number of hydrogen-bond acceptors (Lipinski definition) is 4. The third kappa shape index (κ3) is 3.50. The summed E-state index contributed by atoms with van der Waals surface area (Å²) >= 11 is 0. The van der Waals surface area contributed by atoms with Crippen LogP contribution >= 0.6 is 0 Å². The molecular weight excluding hydrogens is 264 g/mol. The van der Waals surface area contributed by atoms with E-state index in [0.29, 0.717) is 12.3 Å². The van der Waals surface area contributed by atoms with Gasteiger partial charge < -0.3 is 9.63 Å². The molecule has 3 rings (SSSR count). The van der Waals surface area contributed by atoms with Crippen molar-refractivity contribution in [1.82, 2.24) is 10.1 Å². The highest BCUT2D eigenvalue weighted by Gasteiger charge is 2.25. The lowest BCUT2D eigenvalue weighted by Crippen LogP contribution is -2.17. The lowest BCUT2D eigenvalue weighted by atomic mass is 9.87. The lowest BCUT2D eigenvalue weighted by Gasteiger charge is -2.22. The predicted octanol–water partition coefficient (Wildman–Crippen LogP) is 3.30. The fourth-order valence-corrected chi connectivity index (χ4v) is 3.18. The molecule has 0 bridgehead atoms. The van der Waals surface area contributed by atoms with Gasteiger partial charge in [-0.3, -0.25) is 0 Å². The summed E-state index contributed by atoms with van der Waals surface area (Å²) < 4.78 is 5.43. The average molecular weight is 286 g/mol. The van der Waals surface area contributed by atoms with Gasteiger partial charge in [0.25, 0.3) is 0 Å². The second kappa shape index (κ2) is 5.98. The van der Waals surface area contributed by atoms with Crippen LogP contribution in [-0.2, 0) is 6.42 Å². The molecule has 1 N–H and O–H groups in total. The van der Waals surface area contributed by atoms with Crippen LogP contribution in [0.15, 0.2) is 22.7 Å². The monoisotopic (exact) mass is 286 g/mol. The number of aliphatic hydroxyl groups excluding tert-OH is 1. The van der Waals surface area contributed by atoms with Crippen molar-refractivity contribution in [2.24, 2.45) is 0 Å². The minimum absolute atomic E-state index is 0.154. The minimum atomic E-state index is -0.154. The van der Waals surface area contributed by atoms with E-state index in [2.05, 4.69) is 42.2 Å². The summed E-state index contributed by atoms with van der Waals surface area (Å²) in [5.41, 5.74) is 3.74. The molecule has 0 unspecified atom stereocenters. The van der Waals surface area contributed by atoms with Crippen molar-refractivity contribution in [2.75, 3.05) is 0 Å². The fraction of sp³-hybridized carbons (Fsp3) is 0.529. The summed E-state index contributed by atoms with van der Waals surface area (Å²) in [4.78, 5) is 4.55. The van der Waals surface area contributed by atoms with E-state index in [1.165, 1.54) is 16.7 Å². The Hall–Kier alpha value is -1.68. The van der Waals surface area contributed by atoms with Crippen molar-refractivity contribution in [3.8, 4) is 0 Å². The Kier molecular flexibility index (Phi) is 4.06. The molecule has 4 nitrogen and oxygen atoms in total. The highest BCUT2D eigenvalue weighted by molar-refractivity contribution is 5.30. The molecule has 21 heavy (non-hydrogen) atoms. The van der Waals surface area contributed by atoms with Crippen LogP contribution in [-0.4, -0.2) is 21.4 Å². The molecular formula is C17H22N2O2. The molecule has 0 saturated heterocycles. The summed E-state index contributed by atoms with van der Waals surface area (Å²) in [6, 6.07) is 6.50.